The predicted octanol–water partition coefficient (Wildman–Crippen LogP) is 2.23. The van der Waals surface area contributed by atoms with E-state index in [9.17, 15) is 9.90 Å². The van der Waals surface area contributed by atoms with Crippen LogP contribution < -0.4 is 0 Å². The fourth-order valence-corrected chi connectivity index (χ4v) is 2.44. The number of hydrogen-bond acceptors (Lipinski definition) is 3. The Kier molecular flexibility index (Phi) is 5.60. The molecule has 1 N–H and O–H groups in total. The molecule has 1 saturated heterocycles. The maximum absolute atomic E-state index is 11.3. The number of hydrogen-bond donors (Lipinski definition) is 1. The molecule has 18 heavy (non-hydrogen) atoms. The zero-order valence-electron chi connectivity index (χ0n) is 12.1. The zero-order valence-corrected chi connectivity index (χ0v) is 12.1. The first-order valence-electron chi connectivity index (χ1n) is 6.91. The highest BCUT2D eigenvalue weighted by atomic mass is 16.5. The monoisotopic (exact) mass is 257 g/mol. The van der Waals surface area contributed by atoms with E-state index in [0.717, 1.165) is 39.1 Å². The third kappa shape index (κ3) is 4.25. The van der Waals surface area contributed by atoms with Crippen LogP contribution in [0.2, 0.25) is 0 Å². The van der Waals surface area contributed by atoms with Crippen LogP contribution >= 0.6 is 0 Å². The molecule has 4 heteroatoms. The summed E-state index contributed by atoms with van der Waals surface area (Å²) in [6.45, 7) is 11.3. The first-order chi connectivity index (χ1) is 8.34. The van der Waals surface area contributed by atoms with Gasteiger partial charge in [0, 0.05) is 13.1 Å². The summed E-state index contributed by atoms with van der Waals surface area (Å²) in [6, 6.07) is 0. The minimum Gasteiger partial charge on any atom is -0.481 e. The lowest BCUT2D eigenvalue weighted by Gasteiger charge is -2.39. The Morgan fingerprint density at radius 2 is 2.17 bits per heavy atom. The SMILES string of the molecule is CC(C)OCCN1CCCC(C(C)(C)C(=O)O)C1. The minimum absolute atomic E-state index is 0.239. The molecular weight excluding hydrogens is 230 g/mol. The Hall–Kier alpha value is -0.610. The standard InChI is InChI=1S/C14H27NO3/c1-11(2)18-9-8-15-7-5-6-12(10-15)14(3,4)13(16)17/h11-12H,5-10H2,1-4H3,(H,16,17). The van der Waals surface area contributed by atoms with Gasteiger partial charge in [-0.2, -0.15) is 0 Å². The molecule has 1 atom stereocenters. The van der Waals surface area contributed by atoms with Crippen molar-refractivity contribution in [3.63, 3.8) is 0 Å². The van der Waals surface area contributed by atoms with Gasteiger partial charge in [0.15, 0.2) is 0 Å². The van der Waals surface area contributed by atoms with Crippen LogP contribution in [0.5, 0.6) is 0 Å². The number of carbonyl (C=O) groups is 1. The smallest absolute Gasteiger partial charge is 0.309 e. The van der Waals surface area contributed by atoms with Crippen LogP contribution in [0, 0.1) is 11.3 Å². The van der Waals surface area contributed by atoms with Gasteiger partial charge in [-0.15, -0.1) is 0 Å². The van der Waals surface area contributed by atoms with E-state index in [0.29, 0.717) is 0 Å². The number of carboxylic acids is 1. The van der Waals surface area contributed by atoms with Gasteiger partial charge in [-0.05, 0) is 53.0 Å². The van der Waals surface area contributed by atoms with E-state index in [1.54, 1.807) is 0 Å². The quantitative estimate of drug-likeness (QED) is 0.793. The van der Waals surface area contributed by atoms with Crippen molar-refractivity contribution in [1.82, 2.24) is 4.90 Å². The van der Waals surface area contributed by atoms with Gasteiger partial charge in [0.2, 0.25) is 0 Å². The topological polar surface area (TPSA) is 49.8 Å². The number of aliphatic carboxylic acids is 1. The van der Waals surface area contributed by atoms with Crippen LogP contribution in [0.3, 0.4) is 0 Å². The molecule has 1 rings (SSSR count). The fraction of sp³-hybridized carbons (Fsp3) is 0.929. The Bertz CT molecular complexity index is 276. The van der Waals surface area contributed by atoms with Crippen molar-refractivity contribution < 1.29 is 14.6 Å². The molecule has 0 aromatic heterocycles. The van der Waals surface area contributed by atoms with Crippen molar-refractivity contribution in [3.05, 3.63) is 0 Å². The van der Waals surface area contributed by atoms with Gasteiger partial charge in [-0.25, -0.2) is 0 Å². The van der Waals surface area contributed by atoms with Gasteiger partial charge in [0.25, 0.3) is 0 Å². The summed E-state index contributed by atoms with van der Waals surface area (Å²) in [7, 11) is 0. The molecule has 0 aromatic carbocycles. The van der Waals surface area contributed by atoms with E-state index in [1.165, 1.54) is 0 Å². The van der Waals surface area contributed by atoms with Crippen LogP contribution in [0.15, 0.2) is 0 Å². The lowest BCUT2D eigenvalue weighted by atomic mass is 9.74. The fourth-order valence-electron chi connectivity index (χ4n) is 2.44. The molecule has 1 fully saturated rings. The van der Waals surface area contributed by atoms with E-state index in [1.807, 2.05) is 27.7 Å². The van der Waals surface area contributed by atoms with Crippen molar-refractivity contribution in [3.8, 4) is 0 Å². The minimum atomic E-state index is -0.687. The third-order valence-electron chi connectivity index (χ3n) is 3.94. The Balaban J connectivity index is 2.43. The normalized spacial score (nSPS) is 22.4. The molecule has 1 heterocycles. The molecule has 4 nitrogen and oxygen atoms in total. The second-order valence-electron chi connectivity index (χ2n) is 6.09. The molecule has 106 valence electrons. The number of nitrogens with zero attached hydrogens (tertiary/aromatic N) is 1. The number of piperidine rings is 1. The predicted molar refractivity (Wildman–Crippen MR) is 71.7 cm³/mol. The maximum atomic E-state index is 11.3. The van der Waals surface area contributed by atoms with Gasteiger partial charge < -0.3 is 14.7 Å². The molecule has 0 saturated carbocycles. The van der Waals surface area contributed by atoms with Gasteiger partial charge in [-0.3, -0.25) is 4.79 Å². The molecule has 0 aromatic rings. The van der Waals surface area contributed by atoms with E-state index < -0.39 is 11.4 Å². The van der Waals surface area contributed by atoms with Gasteiger partial charge >= 0.3 is 5.97 Å². The zero-order chi connectivity index (χ0) is 13.8. The average molecular weight is 257 g/mol. The van der Waals surface area contributed by atoms with Crippen molar-refractivity contribution in [1.29, 1.82) is 0 Å². The van der Waals surface area contributed by atoms with Crippen molar-refractivity contribution in [2.24, 2.45) is 11.3 Å². The first-order valence-corrected chi connectivity index (χ1v) is 6.91. The molecule has 1 unspecified atom stereocenters. The second kappa shape index (κ2) is 6.53. The summed E-state index contributed by atoms with van der Waals surface area (Å²) < 4.78 is 5.55. The summed E-state index contributed by atoms with van der Waals surface area (Å²) >= 11 is 0. The number of ether oxygens (including phenoxy) is 1. The molecule has 1 aliphatic rings. The van der Waals surface area contributed by atoms with Crippen LogP contribution in [-0.4, -0.2) is 48.3 Å². The highest BCUT2D eigenvalue weighted by Crippen LogP contribution is 2.34. The molecule has 0 bridgehead atoms. The molecule has 0 aliphatic carbocycles. The van der Waals surface area contributed by atoms with E-state index in [4.69, 9.17) is 4.74 Å². The average Bonchev–Trinajstić information content (AvgIpc) is 2.28. The summed E-state index contributed by atoms with van der Waals surface area (Å²) in [5.41, 5.74) is -0.627. The highest BCUT2D eigenvalue weighted by Gasteiger charge is 2.38. The molecule has 0 amide bonds. The lowest BCUT2D eigenvalue weighted by Crippen LogP contribution is -2.45. The highest BCUT2D eigenvalue weighted by molar-refractivity contribution is 5.74. The summed E-state index contributed by atoms with van der Waals surface area (Å²) in [6.07, 6.45) is 2.37. The Morgan fingerprint density at radius 1 is 1.50 bits per heavy atom. The third-order valence-corrected chi connectivity index (χ3v) is 3.94. The number of carboxylic acid groups (broad SMARTS) is 1. The first kappa shape index (κ1) is 15.4. The number of likely N-dealkylation sites (tertiary alicyclic amines) is 1. The van der Waals surface area contributed by atoms with E-state index in [2.05, 4.69) is 4.90 Å². The maximum Gasteiger partial charge on any atom is 0.309 e. The summed E-state index contributed by atoms with van der Waals surface area (Å²) in [4.78, 5) is 13.6. The summed E-state index contributed by atoms with van der Waals surface area (Å²) in [5.74, 6) is -0.449. The van der Waals surface area contributed by atoms with Crippen molar-refractivity contribution in [2.45, 2.75) is 46.6 Å². The van der Waals surface area contributed by atoms with Crippen LogP contribution in [0.25, 0.3) is 0 Å². The largest absolute Gasteiger partial charge is 0.481 e. The van der Waals surface area contributed by atoms with E-state index >= 15 is 0 Å². The van der Waals surface area contributed by atoms with Crippen LogP contribution in [0.4, 0.5) is 0 Å². The Labute approximate surface area is 110 Å². The van der Waals surface area contributed by atoms with Gasteiger partial charge in [-0.1, -0.05) is 0 Å². The Morgan fingerprint density at radius 3 is 2.72 bits per heavy atom. The molecule has 0 radical (unpaired) electrons. The molecule has 1 aliphatic heterocycles. The van der Waals surface area contributed by atoms with Crippen LogP contribution in [-0.2, 0) is 9.53 Å². The summed E-state index contributed by atoms with van der Waals surface area (Å²) in [5, 5.41) is 9.29. The molecule has 0 spiro atoms. The number of rotatable bonds is 6. The van der Waals surface area contributed by atoms with Crippen LogP contribution in [0.1, 0.15) is 40.5 Å². The van der Waals surface area contributed by atoms with Crippen molar-refractivity contribution in [2.75, 3.05) is 26.2 Å². The van der Waals surface area contributed by atoms with Gasteiger partial charge in [0.05, 0.1) is 18.1 Å². The lowest BCUT2D eigenvalue weighted by molar-refractivity contribution is -0.151. The van der Waals surface area contributed by atoms with E-state index in [-0.39, 0.29) is 12.0 Å². The van der Waals surface area contributed by atoms with Gasteiger partial charge in [0.1, 0.15) is 0 Å². The second-order valence-corrected chi connectivity index (χ2v) is 6.09. The molecular formula is C14H27NO3. The van der Waals surface area contributed by atoms with Crippen molar-refractivity contribution >= 4 is 5.97 Å².